The van der Waals surface area contributed by atoms with Gasteiger partial charge in [0.1, 0.15) is 0 Å². The van der Waals surface area contributed by atoms with E-state index < -0.39 is 15.9 Å². The molecule has 23 heavy (non-hydrogen) atoms. The van der Waals surface area contributed by atoms with Crippen molar-refractivity contribution in [3.63, 3.8) is 0 Å². The minimum atomic E-state index is -4.06. The Morgan fingerprint density at radius 3 is 2.70 bits per heavy atom. The van der Waals surface area contributed by atoms with Crippen LogP contribution in [0.1, 0.15) is 11.1 Å². The second-order valence-electron chi connectivity index (χ2n) is 4.12. The molecular weight excluding hydrogens is 415 g/mol. The fourth-order valence-corrected chi connectivity index (χ4v) is 2.97. The quantitative estimate of drug-likeness (QED) is 0.381. The van der Waals surface area contributed by atoms with Crippen molar-refractivity contribution in [3.8, 4) is 0 Å². The number of hydrogen-bond acceptors (Lipinski definition) is 4. The SMILES string of the molecule is O=S(=O)(/C=C/c1cccnc1)/N=C(\[O-])c1ccc(Br)cc1Cl.[Na+]. The van der Waals surface area contributed by atoms with Crippen LogP contribution in [0.3, 0.4) is 0 Å². The van der Waals surface area contributed by atoms with E-state index in [1.54, 1.807) is 24.4 Å². The molecular formula is C14H9BrClN2NaO3S. The molecule has 0 amide bonds. The minimum Gasteiger partial charge on any atom is -0.858 e. The van der Waals surface area contributed by atoms with E-state index in [-0.39, 0.29) is 40.1 Å². The predicted octanol–water partition coefficient (Wildman–Crippen LogP) is -0.391. The molecule has 0 aliphatic rings. The maximum atomic E-state index is 11.9. The molecule has 0 aliphatic heterocycles. The van der Waals surface area contributed by atoms with Gasteiger partial charge in [-0.3, -0.25) is 4.98 Å². The molecule has 5 nitrogen and oxygen atoms in total. The van der Waals surface area contributed by atoms with Gasteiger partial charge in [0.2, 0.25) is 0 Å². The van der Waals surface area contributed by atoms with Crippen molar-refractivity contribution >= 4 is 49.5 Å². The molecule has 0 aliphatic carbocycles. The van der Waals surface area contributed by atoms with E-state index >= 15 is 0 Å². The first-order chi connectivity index (χ1) is 10.4. The minimum absolute atomic E-state index is 0. The van der Waals surface area contributed by atoms with E-state index in [1.807, 2.05) is 0 Å². The van der Waals surface area contributed by atoms with Crippen LogP contribution in [0, 0.1) is 0 Å². The van der Waals surface area contributed by atoms with Gasteiger partial charge in [-0.25, -0.2) is 0 Å². The molecule has 0 fully saturated rings. The zero-order valence-corrected chi connectivity index (χ0v) is 17.1. The molecule has 114 valence electrons. The predicted molar refractivity (Wildman–Crippen MR) is 87.9 cm³/mol. The molecule has 1 aromatic carbocycles. The summed E-state index contributed by atoms with van der Waals surface area (Å²) in [4.78, 5) is 3.85. The number of sulfonamides is 1. The molecule has 0 bridgehead atoms. The van der Waals surface area contributed by atoms with Crippen molar-refractivity contribution in [1.82, 2.24) is 4.98 Å². The van der Waals surface area contributed by atoms with Crippen LogP contribution in [0.4, 0.5) is 0 Å². The van der Waals surface area contributed by atoms with Gasteiger partial charge in [-0.05, 0) is 29.8 Å². The molecule has 0 radical (unpaired) electrons. The third-order valence-electron chi connectivity index (χ3n) is 2.49. The van der Waals surface area contributed by atoms with E-state index in [4.69, 9.17) is 11.6 Å². The molecule has 0 atom stereocenters. The number of halogens is 2. The van der Waals surface area contributed by atoms with Gasteiger partial charge in [0.15, 0.2) is 0 Å². The first-order valence-electron chi connectivity index (χ1n) is 5.93. The summed E-state index contributed by atoms with van der Waals surface area (Å²) in [7, 11) is -4.06. The van der Waals surface area contributed by atoms with Crippen LogP contribution < -0.4 is 34.7 Å². The monoisotopic (exact) mass is 422 g/mol. The summed E-state index contributed by atoms with van der Waals surface area (Å²) in [6.45, 7) is 0. The van der Waals surface area contributed by atoms with Crippen LogP contribution in [-0.4, -0.2) is 19.3 Å². The maximum Gasteiger partial charge on any atom is 1.00 e. The van der Waals surface area contributed by atoms with Crippen molar-refractivity contribution in [3.05, 3.63) is 68.8 Å². The number of hydrogen-bond donors (Lipinski definition) is 0. The number of aromatic nitrogens is 1. The van der Waals surface area contributed by atoms with Gasteiger partial charge in [0.25, 0.3) is 10.0 Å². The molecule has 0 saturated carbocycles. The van der Waals surface area contributed by atoms with Gasteiger partial charge in [0.05, 0.1) is 5.41 Å². The summed E-state index contributed by atoms with van der Waals surface area (Å²) in [6.07, 6.45) is 4.36. The van der Waals surface area contributed by atoms with E-state index in [2.05, 4.69) is 25.3 Å². The van der Waals surface area contributed by atoms with E-state index in [9.17, 15) is 13.5 Å². The van der Waals surface area contributed by atoms with Gasteiger partial charge in [-0.15, -0.1) is 0 Å². The molecule has 0 N–H and O–H groups in total. The van der Waals surface area contributed by atoms with Crippen molar-refractivity contribution in [2.75, 3.05) is 0 Å². The van der Waals surface area contributed by atoms with Crippen LogP contribution >= 0.6 is 27.5 Å². The molecule has 1 heterocycles. The van der Waals surface area contributed by atoms with Gasteiger partial charge in [0, 0.05) is 33.4 Å². The van der Waals surface area contributed by atoms with E-state index in [1.165, 1.54) is 24.4 Å². The molecule has 2 aromatic rings. The third-order valence-corrected chi connectivity index (χ3v) is 4.19. The Labute approximate surface area is 169 Å². The summed E-state index contributed by atoms with van der Waals surface area (Å²) in [6, 6.07) is 7.80. The van der Waals surface area contributed by atoms with Crippen LogP contribution in [-0.2, 0) is 10.0 Å². The third kappa shape index (κ3) is 6.37. The van der Waals surface area contributed by atoms with Gasteiger partial charge in [-0.2, -0.15) is 12.8 Å². The Morgan fingerprint density at radius 1 is 1.35 bits per heavy atom. The zero-order valence-electron chi connectivity index (χ0n) is 12.0. The fourth-order valence-electron chi connectivity index (χ4n) is 1.50. The first kappa shape index (κ1) is 20.3. The van der Waals surface area contributed by atoms with Gasteiger partial charge in [-0.1, -0.05) is 39.7 Å². The van der Waals surface area contributed by atoms with E-state index in [0.717, 1.165) is 5.41 Å². The van der Waals surface area contributed by atoms with E-state index in [0.29, 0.717) is 10.0 Å². The van der Waals surface area contributed by atoms with Gasteiger partial charge < -0.3 is 5.11 Å². The Hall–Kier alpha value is -0.700. The Bertz CT molecular complexity index is 842. The summed E-state index contributed by atoms with van der Waals surface area (Å²) in [5, 5.41) is 12.9. The number of rotatable bonds is 4. The molecule has 9 heteroatoms. The standard InChI is InChI=1S/C14H10BrClN2O3S.Na/c15-11-3-4-12(13(16)8-11)14(19)18-22(20,21)7-5-10-2-1-6-17-9-10;/h1-9H,(H,18,19);/q;+1/p-1/b7-5+;. The van der Waals surface area contributed by atoms with Crippen LogP contribution in [0.2, 0.25) is 5.02 Å². The summed E-state index contributed by atoms with van der Waals surface area (Å²) in [5.41, 5.74) is 0.596. The largest absolute Gasteiger partial charge is 1.00 e. The molecule has 1 aromatic heterocycles. The number of benzene rings is 1. The van der Waals surface area contributed by atoms with Crippen molar-refractivity contribution in [1.29, 1.82) is 0 Å². The maximum absolute atomic E-state index is 11.9. The summed E-state index contributed by atoms with van der Waals surface area (Å²) >= 11 is 9.09. The van der Waals surface area contributed by atoms with Crippen LogP contribution in [0.15, 0.2) is 57.0 Å². The van der Waals surface area contributed by atoms with Crippen molar-refractivity contribution in [2.24, 2.45) is 4.40 Å². The Morgan fingerprint density at radius 2 is 2.09 bits per heavy atom. The second kappa shape index (κ2) is 8.96. The molecule has 0 unspecified atom stereocenters. The molecule has 2 rings (SSSR count). The molecule has 0 spiro atoms. The van der Waals surface area contributed by atoms with Crippen LogP contribution in [0.5, 0.6) is 0 Å². The fraction of sp³-hybridized carbons (Fsp3) is 0. The summed E-state index contributed by atoms with van der Waals surface area (Å²) in [5.74, 6) is -0.923. The van der Waals surface area contributed by atoms with Crippen molar-refractivity contribution in [2.45, 2.75) is 0 Å². The smallest absolute Gasteiger partial charge is 0.858 e. The topological polar surface area (TPSA) is 82.5 Å². The average molecular weight is 424 g/mol. The number of nitrogens with zero attached hydrogens (tertiary/aromatic N) is 2. The Balaban J connectivity index is 0.00000264. The average Bonchev–Trinajstić information content (AvgIpc) is 2.45. The normalized spacial score (nSPS) is 12.2. The van der Waals surface area contributed by atoms with Crippen molar-refractivity contribution < 1.29 is 43.1 Å². The second-order valence-corrected chi connectivity index (χ2v) is 6.93. The van der Waals surface area contributed by atoms with Gasteiger partial charge >= 0.3 is 29.6 Å². The summed E-state index contributed by atoms with van der Waals surface area (Å²) < 4.78 is 27.5. The molecule has 0 saturated heterocycles. The zero-order chi connectivity index (χ0) is 16.2. The van der Waals surface area contributed by atoms with Crippen LogP contribution in [0.25, 0.3) is 6.08 Å². The Kier molecular flexibility index (Phi) is 7.93. The first-order valence-corrected chi connectivity index (χ1v) is 8.60. The number of pyridine rings is 1.